The first-order chi connectivity index (χ1) is 9.89. The number of sulfone groups is 1. The summed E-state index contributed by atoms with van der Waals surface area (Å²) in [5, 5.41) is 3.26. The normalized spacial score (nSPS) is 18.7. The van der Waals surface area contributed by atoms with Gasteiger partial charge in [-0.25, -0.2) is 8.42 Å². The zero-order chi connectivity index (χ0) is 15.5. The second-order valence-corrected chi connectivity index (χ2v) is 7.17. The van der Waals surface area contributed by atoms with E-state index in [4.69, 9.17) is 16.3 Å². The number of alkyl halides is 3. The Kier molecular flexibility index (Phi) is 5.06. The van der Waals surface area contributed by atoms with Crippen LogP contribution in [0.25, 0.3) is 0 Å². The molecule has 1 fully saturated rings. The Morgan fingerprint density at radius 2 is 1.81 bits per heavy atom. The number of halogens is 3. The molecule has 2 rings (SSSR count). The van der Waals surface area contributed by atoms with Crippen LogP contribution < -0.4 is 5.32 Å². The van der Waals surface area contributed by atoms with Crippen LogP contribution in [0.5, 0.6) is 0 Å². The Morgan fingerprint density at radius 1 is 1.24 bits per heavy atom. The number of hydrogen-bond acceptors (Lipinski definition) is 4. The largest absolute Gasteiger partial charge is 0.381 e. The second kappa shape index (κ2) is 6.46. The van der Waals surface area contributed by atoms with Crippen molar-refractivity contribution < 1.29 is 21.9 Å². The van der Waals surface area contributed by atoms with Gasteiger partial charge in [0.25, 0.3) is 0 Å². The van der Waals surface area contributed by atoms with Crippen LogP contribution in [0.1, 0.15) is 12.8 Å². The van der Waals surface area contributed by atoms with Crippen LogP contribution in [0.2, 0.25) is 0 Å². The van der Waals surface area contributed by atoms with E-state index in [0.29, 0.717) is 24.8 Å². The summed E-state index contributed by atoms with van der Waals surface area (Å²) in [7, 11) is -4.55. The molecular weight excluding hydrogens is 324 g/mol. The van der Waals surface area contributed by atoms with Crippen LogP contribution in [0.15, 0.2) is 29.2 Å². The van der Waals surface area contributed by atoms with E-state index in [1.54, 1.807) is 0 Å². The van der Waals surface area contributed by atoms with Gasteiger partial charge >= 0.3 is 5.76 Å². The van der Waals surface area contributed by atoms with Gasteiger partial charge in [-0.3, -0.25) is 0 Å². The highest BCUT2D eigenvalue weighted by Gasteiger charge is 2.32. The molecule has 0 unspecified atom stereocenters. The first kappa shape index (κ1) is 16.5. The highest BCUT2D eigenvalue weighted by Crippen LogP contribution is 2.28. The zero-order valence-corrected chi connectivity index (χ0v) is 12.8. The maximum absolute atomic E-state index is 12.5. The molecule has 21 heavy (non-hydrogen) atoms. The topological polar surface area (TPSA) is 55.4 Å². The van der Waals surface area contributed by atoms with E-state index in [0.717, 1.165) is 12.8 Å². The molecule has 0 saturated carbocycles. The minimum absolute atomic E-state index is 0.317. The Balaban J connectivity index is 2.16. The Morgan fingerprint density at radius 3 is 2.29 bits per heavy atom. The number of nitrogens with one attached hydrogen (secondary N) is 1. The predicted octanol–water partition coefficient (Wildman–Crippen LogP) is 2.88. The number of anilines is 1. The smallest absolute Gasteiger partial charge is 0.341 e. The van der Waals surface area contributed by atoms with Crippen molar-refractivity contribution in [3.63, 3.8) is 0 Å². The predicted molar refractivity (Wildman–Crippen MR) is 76.8 cm³/mol. The third kappa shape index (κ3) is 3.64. The van der Waals surface area contributed by atoms with Gasteiger partial charge in [-0.2, -0.15) is 8.78 Å². The van der Waals surface area contributed by atoms with Gasteiger partial charge in [0.15, 0.2) is 0 Å². The molecule has 1 aliphatic rings. The van der Waals surface area contributed by atoms with Gasteiger partial charge < -0.3 is 10.1 Å². The summed E-state index contributed by atoms with van der Waals surface area (Å²) in [6.45, 7) is 1.19. The molecule has 0 spiro atoms. The molecule has 0 aliphatic carbocycles. The molecule has 1 aromatic rings. The van der Waals surface area contributed by atoms with Gasteiger partial charge in [0.05, 0.1) is 10.4 Å². The van der Waals surface area contributed by atoms with Crippen LogP contribution in [0.4, 0.5) is 14.5 Å². The Labute approximate surface area is 127 Å². The zero-order valence-electron chi connectivity index (χ0n) is 11.2. The molecule has 0 bridgehead atoms. The third-order valence-electron chi connectivity index (χ3n) is 3.53. The molecule has 0 radical (unpaired) electrons. The summed E-state index contributed by atoms with van der Waals surface area (Å²) in [5.74, 6) is -3.03. The van der Waals surface area contributed by atoms with E-state index in [1.807, 2.05) is 0 Å². The molecule has 0 amide bonds. The molecule has 0 atom stereocenters. The summed E-state index contributed by atoms with van der Waals surface area (Å²) < 4.78 is 52.9. The minimum atomic E-state index is -4.55. The van der Waals surface area contributed by atoms with Crippen molar-refractivity contribution in [2.24, 2.45) is 0 Å². The van der Waals surface area contributed by atoms with E-state index in [-0.39, 0.29) is 5.54 Å². The quantitative estimate of drug-likeness (QED) is 0.838. The van der Waals surface area contributed by atoms with Gasteiger partial charge in [-0.1, -0.05) is 0 Å². The first-order valence-corrected chi connectivity index (χ1v) is 8.52. The summed E-state index contributed by atoms with van der Waals surface area (Å²) >= 11 is 6.02. The number of rotatable bonds is 5. The molecule has 1 heterocycles. The number of hydrogen-bond donors (Lipinski definition) is 1. The van der Waals surface area contributed by atoms with Crippen LogP contribution in [-0.4, -0.2) is 38.8 Å². The van der Waals surface area contributed by atoms with Crippen LogP contribution in [-0.2, 0) is 14.6 Å². The highest BCUT2D eigenvalue weighted by atomic mass is 35.5. The van der Waals surface area contributed by atoms with Crippen molar-refractivity contribution in [3.05, 3.63) is 24.3 Å². The summed E-state index contributed by atoms with van der Waals surface area (Å²) in [4.78, 5) is -0.394. The average Bonchev–Trinajstić information content (AvgIpc) is 2.48. The van der Waals surface area contributed by atoms with Gasteiger partial charge in [-0.15, -0.1) is 11.6 Å². The highest BCUT2D eigenvalue weighted by molar-refractivity contribution is 7.91. The van der Waals surface area contributed by atoms with Gasteiger partial charge in [0, 0.05) is 24.8 Å². The van der Waals surface area contributed by atoms with Crippen molar-refractivity contribution in [1.29, 1.82) is 0 Å². The van der Waals surface area contributed by atoms with E-state index >= 15 is 0 Å². The van der Waals surface area contributed by atoms with Crippen molar-refractivity contribution in [2.45, 2.75) is 29.0 Å². The van der Waals surface area contributed by atoms with E-state index in [1.165, 1.54) is 24.3 Å². The van der Waals surface area contributed by atoms with Gasteiger partial charge in [0.1, 0.15) is 0 Å². The fourth-order valence-electron chi connectivity index (χ4n) is 2.19. The van der Waals surface area contributed by atoms with Crippen molar-refractivity contribution >= 4 is 27.1 Å². The monoisotopic (exact) mass is 339 g/mol. The molecule has 8 heteroatoms. The van der Waals surface area contributed by atoms with Crippen molar-refractivity contribution in [1.82, 2.24) is 0 Å². The van der Waals surface area contributed by atoms with Crippen LogP contribution >= 0.6 is 11.6 Å². The first-order valence-electron chi connectivity index (χ1n) is 6.44. The summed E-state index contributed by atoms with van der Waals surface area (Å²) in [5.41, 5.74) is 0.328. The fourth-order valence-corrected chi connectivity index (χ4v) is 3.25. The van der Waals surface area contributed by atoms with Gasteiger partial charge in [0.2, 0.25) is 9.84 Å². The van der Waals surface area contributed by atoms with Gasteiger partial charge in [-0.05, 0) is 37.1 Å². The number of benzene rings is 1. The lowest BCUT2D eigenvalue weighted by Gasteiger charge is -2.37. The SMILES string of the molecule is O=S(=O)(c1ccc(NC2(CCl)CCOCC2)cc1)C(F)F. The molecule has 4 nitrogen and oxygen atoms in total. The average molecular weight is 340 g/mol. The lowest BCUT2D eigenvalue weighted by molar-refractivity contribution is 0.0668. The molecule has 1 aromatic carbocycles. The minimum Gasteiger partial charge on any atom is -0.381 e. The standard InChI is InChI=1S/C13H16ClF2NO3S/c14-9-13(5-7-20-8-6-13)17-10-1-3-11(4-2-10)21(18,19)12(15)16/h1-4,12,17H,5-9H2. The molecular formula is C13H16ClF2NO3S. The summed E-state index contributed by atoms with van der Waals surface area (Å²) in [6.07, 6.45) is 1.46. The summed E-state index contributed by atoms with van der Waals surface area (Å²) in [6, 6.07) is 5.29. The van der Waals surface area contributed by atoms with E-state index in [9.17, 15) is 17.2 Å². The van der Waals surface area contributed by atoms with Crippen LogP contribution in [0.3, 0.4) is 0 Å². The second-order valence-electron chi connectivity index (χ2n) is 4.98. The van der Waals surface area contributed by atoms with Crippen molar-refractivity contribution in [2.75, 3.05) is 24.4 Å². The van der Waals surface area contributed by atoms with Crippen LogP contribution in [0, 0.1) is 0 Å². The molecule has 1 aliphatic heterocycles. The Hall–Kier alpha value is -0.920. The lowest BCUT2D eigenvalue weighted by Crippen LogP contribution is -2.45. The maximum atomic E-state index is 12.5. The molecule has 0 aromatic heterocycles. The fraction of sp³-hybridized carbons (Fsp3) is 0.538. The lowest BCUT2D eigenvalue weighted by atomic mass is 9.92. The van der Waals surface area contributed by atoms with Crippen molar-refractivity contribution in [3.8, 4) is 0 Å². The number of ether oxygens (including phenoxy) is 1. The molecule has 1 N–H and O–H groups in total. The molecule has 1 saturated heterocycles. The third-order valence-corrected chi connectivity index (χ3v) is 5.44. The Bertz CT molecular complexity index is 572. The van der Waals surface area contributed by atoms with E-state index in [2.05, 4.69) is 5.32 Å². The maximum Gasteiger partial charge on any atom is 0.341 e. The van der Waals surface area contributed by atoms with E-state index < -0.39 is 20.5 Å². The molecule has 118 valence electrons.